The van der Waals surface area contributed by atoms with E-state index in [1.165, 1.54) is 0 Å². The summed E-state index contributed by atoms with van der Waals surface area (Å²) in [4.78, 5) is 9.41. The second kappa shape index (κ2) is 5.63. The number of nitrogens with one attached hydrogen (secondary N) is 1. The molecule has 0 aliphatic carbocycles. The van der Waals surface area contributed by atoms with E-state index in [1.807, 2.05) is 43.8 Å². The van der Waals surface area contributed by atoms with Gasteiger partial charge in [0.05, 0.1) is 29.1 Å². The molecule has 0 spiro atoms. The summed E-state index contributed by atoms with van der Waals surface area (Å²) in [7, 11) is 1.92. The van der Waals surface area contributed by atoms with E-state index in [0.29, 0.717) is 5.92 Å². The molecule has 0 saturated carbocycles. The number of imidazole rings is 1. The summed E-state index contributed by atoms with van der Waals surface area (Å²) in [5, 5.41) is 7.72. The van der Waals surface area contributed by atoms with Crippen LogP contribution in [0.15, 0.2) is 42.9 Å². The summed E-state index contributed by atoms with van der Waals surface area (Å²) in [6.45, 7) is 5.21. The minimum absolute atomic E-state index is 0.533. The van der Waals surface area contributed by atoms with Crippen molar-refractivity contribution in [1.82, 2.24) is 24.1 Å². The van der Waals surface area contributed by atoms with Crippen molar-refractivity contribution >= 4 is 22.5 Å². The Kier molecular flexibility index (Phi) is 3.45. The maximum Gasteiger partial charge on any atom is 0.181 e. The van der Waals surface area contributed by atoms with E-state index >= 15 is 0 Å². The van der Waals surface area contributed by atoms with Crippen molar-refractivity contribution in [3.05, 3.63) is 42.9 Å². The van der Waals surface area contributed by atoms with Crippen LogP contribution in [0.4, 0.5) is 5.82 Å². The zero-order chi connectivity index (χ0) is 16.7. The number of anilines is 1. The standard InChI is InChI=1S/C18H20N6/c1-12(2)8-19-17-18-20-10-16(13-9-21-23(3)11-13)24(18)15-7-5-4-6-14(15)22-17/h4-7,9-12H,8H2,1-3H3,(H,19,22). The molecule has 1 aromatic carbocycles. The van der Waals surface area contributed by atoms with Crippen LogP contribution in [-0.2, 0) is 7.05 Å². The van der Waals surface area contributed by atoms with E-state index in [2.05, 4.69) is 39.7 Å². The molecule has 0 unspecified atom stereocenters. The molecule has 6 heteroatoms. The smallest absolute Gasteiger partial charge is 0.181 e. The van der Waals surface area contributed by atoms with Gasteiger partial charge >= 0.3 is 0 Å². The first-order valence-electron chi connectivity index (χ1n) is 8.12. The van der Waals surface area contributed by atoms with Gasteiger partial charge in [0.1, 0.15) is 0 Å². The monoisotopic (exact) mass is 320 g/mol. The molecule has 0 radical (unpaired) electrons. The minimum atomic E-state index is 0.533. The molecule has 0 bridgehead atoms. The van der Waals surface area contributed by atoms with Crippen LogP contribution >= 0.6 is 0 Å². The van der Waals surface area contributed by atoms with Crippen molar-refractivity contribution < 1.29 is 0 Å². The Morgan fingerprint density at radius 2 is 2.00 bits per heavy atom. The first-order chi connectivity index (χ1) is 11.6. The van der Waals surface area contributed by atoms with Crippen molar-refractivity contribution in [2.45, 2.75) is 13.8 Å². The average molecular weight is 320 g/mol. The third kappa shape index (κ3) is 2.40. The van der Waals surface area contributed by atoms with Crippen molar-refractivity contribution in [2.75, 3.05) is 11.9 Å². The highest BCUT2D eigenvalue weighted by Gasteiger charge is 2.15. The van der Waals surface area contributed by atoms with Crippen molar-refractivity contribution in [2.24, 2.45) is 13.0 Å². The van der Waals surface area contributed by atoms with Gasteiger partial charge in [-0.05, 0) is 18.1 Å². The molecule has 0 aliphatic heterocycles. The van der Waals surface area contributed by atoms with Crippen LogP contribution in [0.5, 0.6) is 0 Å². The van der Waals surface area contributed by atoms with Crippen molar-refractivity contribution in [3.63, 3.8) is 0 Å². The summed E-state index contributed by atoms with van der Waals surface area (Å²) in [5.41, 5.74) is 4.88. The lowest BCUT2D eigenvalue weighted by atomic mass is 10.2. The molecule has 0 atom stereocenters. The normalized spacial score (nSPS) is 11.7. The van der Waals surface area contributed by atoms with Crippen LogP contribution in [0, 0.1) is 5.92 Å². The molecule has 3 heterocycles. The number of fused-ring (bicyclic) bond motifs is 3. The first kappa shape index (κ1) is 14.7. The second-order valence-electron chi connectivity index (χ2n) is 6.43. The van der Waals surface area contributed by atoms with Gasteiger partial charge in [0, 0.05) is 25.4 Å². The van der Waals surface area contributed by atoms with Crippen LogP contribution in [0.2, 0.25) is 0 Å². The maximum atomic E-state index is 4.77. The van der Waals surface area contributed by atoms with E-state index in [1.54, 1.807) is 4.68 Å². The Hall–Kier alpha value is -2.89. The number of aryl methyl sites for hydroxylation is 1. The van der Waals surface area contributed by atoms with Crippen LogP contribution in [-0.4, -0.2) is 30.7 Å². The fourth-order valence-electron chi connectivity index (χ4n) is 2.86. The highest BCUT2D eigenvalue weighted by molar-refractivity contribution is 5.86. The zero-order valence-corrected chi connectivity index (χ0v) is 14.1. The third-order valence-corrected chi connectivity index (χ3v) is 4.01. The highest BCUT2D eigenvalue weighted by atomic mass is 15.2. The van der Waals surface area contributed by atoms with Crippen molar-refractivity contribution in [3.8, 4) is 11.3 Å². The summed E-state index contributed by atoms with van der Waals surface area (Å²) in [5.74, 6) is 1.35. The predicted octanol–water partition coefficient (Wildman–Crippen LogP) is 3.35. The van der Waals surface area contributed by atoms with Crippen LogP contribution in [0.3, 0.4) is 0 Å². The minimum Gasteiger partial charge on any atom is -0.367 e. The summed E-state index contributed by atoms with van der Waals surface area (Å²) in [6, 6.07) is 8.14. The van der Waals surface area contributed by atoms with Crippen molar-refractivity contribution in [1.29, 1.82) is 0 Å². The first-order valence-corrected chi connectivity index (χ1v) is 8.12. The fourth-order valence-corrected chi connectivity index (χ4v) is 2.86. The number of hydrogen-bond donors (Lipinski definition) is 1. The molecule has 122 valence electrons. The number of nitrogens with zero attached hydrogens (tertiary/aromatic N) is 5. The largest absolute Gasteiger partial charge is 0.367 e. The lowest BCUT2D eigenvalue weighted by molar-refractivity contribution is 0.687. The zero-order valence-electron chi connectivity index (χ0n) is 14.1. The van der Waals surface area contributed by atoms with E-state index in [-0.39, 0.29) is 0 Å². The summed E-state index contributed by atoms with van der Waals surface area (Å²) >= 11 is 0. The predicted molar refractivity (Wildman–Crippen MR) is 96.0 cm³/mol. The number of hydrogen-bond acceptors (Lipinski definition) is 4. The van der Waals surface area contributed by atoms with Gasteiger partial charge in [-0.25, -0.2) is 9.97 Å². The molecule has 24 heavy (non-hydrogen) atoms. The molecule has 4 rings (SSSR count). The number of para-hydroxylation sites is 2. The van der Waals surface area contributed by atoms with Crippen LogP contribution in [0.25, 0.3) is 27.9 Å². The Labute approximate surface area is 140 Å². The van der Waals surface area contributed by atoms with Gasteiger partial charge in [0.25, 0.3) is 0 Å². The quantitative estimate of drug-likeness (QED) is 0.626. The van der Waals surface area contributed by atoms with E-state index in [9.17, 15) is 0 Å². The highest BCUT2D eigenvalue weighted by Crippen LogP contribution is 2.28. The Morgan fingerprint density at radius 3 is 2.75 bits per heavy atom. The molecule has 0 saturated heterocycles. The van der Waals surface area contributed by atoms with Gasteiger partial charge in [0.2, 0.25) is 0 Å². The molecular weight excluding hydrogens is 300 g/mol. The van der Waals surface area contributed by atoms with Gasteiger partial charge in [-0.1, -0.05) is 26.0 Å². The fraction of sp³-hybridized carbons (Fsp3) is 0.278. The molecule has 0 amide bonds. The lowest BCUT2D eigenvalue weighted by Gasteiger charge is -2.12. The molecule has 0 fully saturated rings. The van der Waals surface area contributed by atoms with Gasteiger partial charge in [-0.3, -0.25) is 9.08 Å². The molecule has 4 aromatic rings. The van der Waals surface area contributed by atoms with Gasteiger partial charge in [-0.15, -0.1) is 0 Å². The maximum absolute atomic E-state index is 4.77. The molecule has 1 N–H and O–H groups in total. The van der Waals surface area contributed by atoms with E-state index < -0.39 is 0 Å². The lowest BCUT2D eigenvalue weighted by Crippen LogP contribution is -2.11. The number of rotatable bonds is 4. The number of benzene rings is 1. The van der Waals surface area contributed by atoms with Gasteiger partial charge < -0.3 is 5.32 Å². The molecule has 0 aliphatic rings. The van der Waals surface area contributed by atoms with E-state index in [0.717, 1.165) is 40.3 Å². The average Bonchev–Trinajstić information content (AvgIpc) is 3.18. The summed E-state index contributed by atoms with van der Waals surface area (Å²) in [6.07, 6.45) is 5.75. The SMILES string of the molecule is CC(C)CNc1nc2ccccc2n2c(-c3cnn(C)c3)cnc12. The molecular formula is C18H20N6. The topological polar surface area (TPSA) is 60.0 Å². The second-order valence-corrected chi connectivity index (χ2v) is 6.43. The molecule has 3 aromatic heterocycles. The van der Waals surface area contributed by atoms with Gasteiger partial charge in [-0.2, -0.15) is 5.10 Å². The Morgan fingerprint density at radius 1 is 1.17 bits per heavy atom. The van der Waals surface area contributed by atoms with E-state index in [4.69, 9.17) is 4.98 Å². The third-order valence-electron chi connectivity index (χ3n) is 4.01. The Bertz CT molecular complexity index is 1010. The Balaban J connectivity index is 1.99. The number of aromatic nitrogens is 5. The van der Waals surface area contributed by atoms with Gasteiger partial charge in [0.15, 0.2) is 11.5 Å². The van der Waals surface area contributed by atoms with Crippen LogP contribution < -0.4 is 5.32 Å². The molecule has 6 nitrogen and oxygen atoms in total. The summed E-state index contributed by atoms with van der Waals surface area (Å²) < 4.78 is 3.96. The van der Waals surface area contributed by atoms with Crippen LogP contribution in [0.1, 0.15) is 13.8 Å².